The molecule has 0 bridgehead atoms. The van der Waals surface area contributed by atoms with Crippen molar-refractivity contribution in [2.45, 2.75) is 64.8 Å². The Bertz CT molecular complexity index is 104. The molecule has 2 heteroatoms. The molecule has 0 aliphatic rings. The van der Waals surface area contributed by atoms with Crippen molar-refractivity contribution >= 4 is 11.8 Å². The van der Waals surface area contributed by atoms with Crippen LogP contribution in [0.1, 0.15) is 58.8 Å². The maximum atomic E-state index is 5.67. The Kier molecular flexibility index (Phi) is 11.6. The summed E-state index contributed by atoms with van der Waals surface area (Å²) in [5.41, 5.74) is 5.67. The number of nitrogens with two attached hydrogens (primary N) is 1. The standard InChI is InChI=1S/C12H27NS/c1-3-4-5-6-7-8-10-14-11-9-12(2)13/h12H,3-11,13H2,1-2H3. The first-order valence-electron chi connectivity index (χ1n) is 6.10. The van der Waals surface area contributed by atoms with Crippen molar-refractivity contribution in [2.24, 2.45) is 5.73 Å². The SMILES string of the molecule is CCCCCCCCSCCC(C)N. The van der Waals surface area contributed by atoms with Crippen molar-refractivity contribution < 1.29 is 0 Å². The van der Waals surface area contributed by atoms with Gasteiger partial charge in [-0.3, -0.25) is 0 Å². The van der Waals surface area contributed by atoms with Crippen LogP contribution in [0.25, 0.3) is 0 Å². The summed E-state index contributed by atoms with van der Waals surface area (Å²) in [6, 6.07) is 0.382. The molecule has 0 rings (SSSR count). The van der Waals surface area contributed by atoms with Crippen molar-refractivity contribution in [1.29, 1.82) is 0 Å². The van der Waals surface area contributed by atoms with Crippen LogP contribution in [0.3, 0.4) is 0 Å². The number of thioether (sulfide) groups is 1. The summed E-state index contributed by atoms with van der Waals surface area (Å²) in [4.78, 5) is 0. The molecule has 1 unspecified atom stereocenters. The fraction of sp³-hybridized carbons (Fsp3) is 1.00. The van der Waals surface area contributed by atoms with Crippen LogP contribution in [0, 0.1) is 0 Å². The van der Waals surface area contributed by atoms with Gasteiger partial charge >= 0.3 is 0 Å². The Morgan fingerprint density at radius 1 is 1.00 bits per heavy atom. The molecule has 0 aliphatic carbocycles. The third-order valence-electron chi connectivity index (χ3n) is 2.36. The maximum absolute atomic E-state index is 5.67. The van der Waals surface area contributed by atoms with Gasteiger partial charge in [-0.15, -0.1) is 0 Å². The third kappa shape index (κ3) is 12.3. The van der Waals surface area contributed by atoms with E-state index in [2.05, 4.69) is 25.6 Å². The molecule has 1 nitrogen and oxygen atoms in total. The third-order valence-corrected chi connectivity index (χ3v) is 3.46. The average molecular weight is 217 g/mol. The largest absolute Gasteiger partial charge is 0.328 e. The summed E-state index contributed by atoms with van der Waals surface area (Å²) < 4.78 is 0. The van der Waals surface area contributed by atoms with E-state index in [-0.39, 0.29) is 0 Å². The Balaban J connectivity index is 2.85. The maximum Gasteiger partial charge on any atom is 0.00183 e. The number of unbranched alkanes of at least 4 members (excludes halogenated alkanes) is 5. The van der Waals surface area contributed by atoms with E-state index in [1.165, 1.54) is 56.5 Å². The van der Waals surface area contributed by atoms with Crippen LogP contribution < -0.4 is 5.73 Å². The fourth-order valence-corrected chi connectivity index (χ4v) is 2.51. The molecule has 0 saturated carbocycles. The van der Waals surface area contributed by atoms with E-state index in [9.17, 15) is 0 Å². The first-order valence-corrected chi connectivity index (χ1v) is 7.26. The molecule has 0 radical (unpaired) electrons. The first-order chi connectivity index (χ1) is 6.77. The quantitative estimate of drug-likeness (QED) is 0.563. The molecular weight excluding hydrogens is 190 g/mol. The Morgan fingerprint density at radius 3 is 2.29 bits per heavy atom. The minimum Gasteiger partial charge on any atom is -0.328 e. The number of rotatable bonds is 10. The van der Waals surface area contributed by atoms with Crippen LogP contribution in [0.15, 0.2) is 0 Å². The van der Waals surface area contributed by atoms with Gasteiger partial charge in [0, 0.05) is 6.04 Å². The highest BCUT2D eigenvalue weighted by Crippen LogP contribution is 2.10. The summed E-state index contributed by atoms with van der Waals surface area (Å²) in [6.07, 6.45) is 9.61. The lowest BCUT2D eigenvalue weighted by atomic mass is 10.1. The van der Waals surface area contributed by atoms with Crippen LogP contribution >= 0.6 is 11.8 Å². The van der Waals surface area contributed by atoms with E-state index >= 15 is 0 Å². The van der Waals surface area contributed by atoms with Crippen LogP contribution in [0.2, 0.25) is 0 Å². The Labute approximate surface area is 94.2 Å². The van der Waals surface area contributed by atoms with Gasteiger partial charge in [0.15, 0.2) is 0 Å². The zero-order chi connectivity index (χ0) is 10.6. The molecular formula is C12H27NS. The average Bonchev–Trinajstić information content (AvgIpc) is 2.15. The molecule has 0 saturated heterocycles. The lowest BCUT2D eigenvalue weighted by molar-refractivity contribution is 0.626. The van der Waals surface area contributed by atoms with Crippen molar-refractivity contribution in [3.05, 3.63) is 0 Å². The zero-order valence-corrected chi connectivity index (χ0v) is 10.7. The van der Waals surface area contributed by atoms with Gasteiger partial charge in [-0.2, -0.15) is 11.8 Å². The molecule has 1 atom stereocenters. The van der Waals surface area contributed by atoms with Gasteiger partial charge in [0.2, 0.25) is 0 Å². The smallest absolute Gasteiger partial charge is 0.00183 e. The molecule has 0 heterocycles. The molecule has 0 aliphatic heterocycles. The van der Waals surface area contributed by atoms with Crippen LogP contribution in [0.5, 0.6) is 0 Å². The summed E-state index contributed by atoms with van der Waals surface area (Å²) in [5.74, 6) is 2.57. The van der Waals surface area contributed by atoms with E-state index < -0.39 is 0 Å². The summed E-state index contributed by atoms with van der Waals surface area (Å²) >= 11 is 2.07. The second kappa shape index (κ2) is 11.4. The molecule has 0 aromatic rings. The van der Waals surface area contributed by atoms with Crippen LogP contribution in [0.4, 0.5) is 0 Å². The van der Waals surface area contributed by atoms with E-state index in [4.69, 9.17) is 5.73 Å². The number of hydrogen-bond donors (Lipinski definition) is 1. The highest BCUT2D eigenvalue weighted by molar-refractivity contribution is 7.99. The van der Waals surface area contributed by atoms with E-state index in [1.807, 2.05) is 0 Å². The monoisotopic (exact) mass is 217 g/mol. The van der Waals surface area contributed by atoms with E-state index in [0.717, 1.165) is 0 Å². The summed E-state index contributed by atoms with van der Waals surface area (Å²) in [6.45, 7) is 4.36. The highest BCUT2D eigenvalue weighted by Gasteiger charge is 1.94. The van der Waals surface area contributed by atoms with Crippen LogP contribution in [-0.2, 0) is 0 Å². The van der Waals surface area contributed by atoms with Crippen molar-refractivity contribution in [3.63, 3.8) is 0 Å². The second-order valence-electron chi connectivity index (χ2n) is 4.15. The molecule has 0 amide bonds. The topological polar surface area (TPSA) is 26.0 Å². The molecule has 14 heavy (non-hydrogen) atoms. The van der Waals surface area contributed by atoms with Gasteiger partial charge in [0.05, 0.1) is 0 Å². The predicted molar refractivity (Wildman–Crippen MR) is 69.0 cm³/mol. The van der Waals surface area contributed by atoms with Crippen LogP contribution in [-0.4, -0.2) is 17.5 Å². The lowest BCUT2D eigenvalue weighted by Crippen LogP contribution is -2.15. The Hall–Kier alpha value is 0.310. The minimum absolute atomic E-state index is 0.382. The molecule has 86 valence electrons. The van der Waals surface area contributed by atoms with Gasteiger partial charge in [-0.25, -0.2) is 0 Å². The van der Waals surface area contributed by atoms with Gasteiger partial charge in [-0.05, 0) is 31.3 Å². The fourth-order valence-electron chi connectivity index (χ4n) is 1.36. The lowest BCUT2D eigenvalue weighted by Gasteiger charge is -2.04. The molecule has 2 N–H and O–H groups in total. The molecule has 0 spiro atoms. The summed E-state index contributed by atoms with van der Waals surface area (Å²) in [5, 5.41) is 0. The van der Waals surface area contributed by atoms with Gasteiger partial charge in [-0.1, -0.05) is 39.0 Å². The van der Waals surface area contributed by atoms with E-state index in [0.29, 0.717) is 6.04 Å². The second-order valence-corrected chi connectivity index (χ2v) is 5.37. The van der Waals surface area contributed by atoms with E-state index in [1.54, 1.807) is 0 Å². The van der Waals surface area contributed by atoms with Crippen molar-refractivity contribution in [2.75, 3.05) is 11.5 Å². The number of hydrogen-bond acceptors (Lipinski definition) is 2. The highest BCUT2D eigenvalue weighted by atomic mass is 32.2. The summed E-state index contributed by atoms with van der Waals surface area (Å²) in [7, 11) is 0. The first kappa shape index (κ1) is 14.3. The minimum atomic E-state index is 0.382. The molecule has 0 aromatic heterocycles. The van der Waals surface area contributed by atoms with Gasteiger partial charge < -0.3 is 5.73 Å². The van der Waals surface area contributed by atoms with Gasteiger partial charge in [0.1, 0.15) is 0 Å². The normalized spacial score (nSPS) is 13.1. The van der Waals surface area contributed by atoms with Crippen molar-refractivity contribution in [3.8, 4) is 0 Å². The molecule has 0 aromatic carbocycles. The van der Waals surface area contributed by atoms with Gasteiger partial charge in [0.25, 0.3) is 0 Å². The Morgan fingerprint density at radius 2 is 1.64 bits per heavy atom. The van der Waals surface area contributed by atoms with Crippen molar-refractivity contribution in [1.82, 2.24) is 0 Å². The predicted octanol–water partition coefficient (Wildman–Crippen LogP) is 3.82. The molecule has 0 fully saturated rings. The zero-order valence-electron chi connectivity index (χ0n) is 9.93.